The molecule has 0 spiro atoms. The minimum absolute atomic E-state index is 0.0795. The molecule has 2 aromatic heterocycles. The molecule has 1 unspecified atom stereocenters. The molecule has 0 bridgehead atoms. The molecule has 10 nitrogen and oxygen atoms in total. The molecule has 0 saturated carbocycles. The van der Waals surface area contributed by atoms with Gasteiger partial charge in [0, 0.05) is 12.3 Å². The summed E-state index contributed by atoms with van der Waals surface area (Å²) >= 11 is 0. The number of nitrogens with zero attached hydrogens (tertiary/aromatic N) is 4. The number of alkyl halides is 2. The summed E-state index contributed by atoms with van der Waals surface area (Å²) in [4.78, 5) is 36.0. The van der Waals surface area contributed by atoms with Crippen molar-refractivity contribution in [1.29, 1.82) is 0 Å². The van der Waals surface area contributed by atoms with E-state index in [0.717, 1.165) is 41.0 Å². The molecule has 2 N–H and O–H groups in total. The second kappa shape index (κ2) is 7.33. The largest absolute Gasteiger partial charge is 0.479 e. The summed E-state index contributed by atoms with van der Waals surface area (Å²) in [6, 6.07) is 1.98. The average Bonchev–Trinajstić information content (AvgIpc) is 3.05. The third kappa shape index (κ3) is 3.49. The highest BCUT2D eigenvalue weighted by Crippen LogP contribution is 2.29. The van der Waals surface area contributed by atoms with Crippen molar-refractivity contribution in [3.63, 3.8) is 0 Å². The van der Waals surface area contributed by atoms with E-state index < -0.39 is 47.3 Å². The number of hydrogen-bond donors (Lipinski definition) is 2. The zero-order valence-electron chi connectivity index (χ0n) is 14.8. The van der Waals surface area contributed by atoms with Gasteiger partial charge in [0.25, 0.3) is 11.5 Å². The van der Waals surface area contributed by atoms with Crippen LogP contribution < -0.4 is 10.5 Å². The molecule has 0 aliphatic carbocycles. The lowest BCUT2D eigenvalue weighted by Crippen LogP contribution is -2.63. The third-order valence-corrected chi connectivity index (χ3v) is 4.45. The first-order valence-electron chi connectivity index (χ1n) is 8.19. The fraction of sp³-hybridized carbons (Fsp3) is 0.375. The Morgan fingerprint density at radius 1 is 1.31 bits per heavy atom. The van der Waals surface area contributed by atoms with Crippen LogP contribution in [0.15, 0.2) is 29.3 Å². The number of anilines is 1. The Kier molecular flexibility index (Phi) is 5.19. The molecule has 1 fully saturated rings. The molecule has 1 saturated heterocycles. The van der Waals surface area contributed by atoms with Crippen LogP contribution in [0.2, 0.25) is 0 Å². The number of aromatic nitrogens is 3. The van der Waals surface area contributed by atoms with Crippen molar-refractivity contribution in [2.45, 2.75) is 25.2 Å². The topological polar surface area (TPSA) is 127 Å². The van der Waals surface area contributed by atoms with E-state index in [1.54, 1.807) is 0 Å². The number of carbonyl (C=O) groups excluding carboxylic acids is 1. The Balaban J connectivity index is 1.99. The first kappa shape index (κ1) is 20.5. The lowest BCUT2D eigenvalue weighted by Gasteiger charge is -2.39. The molecule has 0 aromatic carbocycles. The van der Waals surface area contributed by atoms with Crippen molar-refractivity contribution in [2.75, 3.05) is 18.1 Å². The summed E-state index contributed by atoms with van der Waals surface area (Å²) < 4.78 is 46.4. The molecular formula is C16H15F3N4O6. The molecule has 3 heterocycles. The number of aliphatic hydroxyl groups is 1. The maximum absolute atomic E-state index is 14.5. The number of carboxylic acids is 1. The highest BCUT2D eigenvalue weighted by atomic mass is 19.3. The van der Waals surface area contributed by atoms with Crippen LogP contribution in [0.4, 0.5) is 19.0 Å². The number of morpholine rings is 1. The van der Waals surface area contributed by atoms with Gasteiger partial charge in [0.1, 0.15) is 0 Å². The maximum Gasteiger partial charge on any atom is 0.336 e. The van der Waals surface area contributed by atoms with Gasteiger partial charge in [-0.3, -0.25) is 19.1 Å². The van der Waals surface area contributed by atoms with Gasteiger partial charge in [-0.1, -0.05) is 0 Å². The molecule has 1 aliphatic rings. The number of pyridine rings is 1. The standard InChI is InChI=1S/C16H15F3N4O6/c1-16(11(25)13(26)27)14(28)21(4-5-29-16)12-9(17)7-23(20-12)8-2-3-10(24)22(6-8)15(18)19/h2-3,6-7,11,15,25H,4-5H2,1H3,(H,26,27)/t11?,16-/m1/s1. The Bertz CT molecular complexity index is 1020. The maximum atomic E-state index is 14.5. The SMILES string of the molecule is C[C@]1(C(O)C(=O)O)OCCN(c2nn(-c3ccc(=O)n(C(F)F)c3)cc2F)C1=O. The van der Waals surface area contributed by atoms with Gasteiger partial charge in [-0.2, -0.15) is 8.78 Å². The van der Waals surface area contributed by atoms with E-state index in [1.165, 1.54) is 0 Å². The summed E-state index contributed by atoms with van der Waals surface area (Å²) in [5.74, 6) is -4.28. The fourth-order valence-corrected chi connectivity index (χ4v) is 2.85. The highest BCUT2D eigenvalue weighted by molar-refractivity contribution is 6.02. The normalized spacial score (nSPS) is 20.9. The number of rotatable bonds is 5. The summed E-state index contributed by atoms with van der Waals surface area (Å²) in [5, 5.41) is 22.7. The molecule has 0 radical (unpaired) electrons. The molecule has 156 valence electrons. The van der Waals surface area contributed by atoms with E-state index in [2.05, 4.69) is 5.10 Å². The van der Waals surface area contributed by atoms with E-state index in [4.69, 9.17) is 9.84 Å². The number of hydrogen-bond acceptors (Lipinski definition) is 6. The van der Waals surface area contributed by atoms with Crippen molar-refractivity contribution in [2.24, 2.45) is 0 Å². The van der Waals surface area contributed by atoms with E-state index >= 15 is 0 Å². The van der Waals surface area contributed by atoms with Crippen LogP contribution in [0.5, 0.6) is 0 Å². The van der Waals surface area contributed by atoms with Crippen LogP contribution in [-0.2, 0) is 14.3 Å². The number of carbonyl (C=O) groups is 2. The van der Waals surface area contributed by atoms with Crippen LogP contribution in [0.1, 0.15) is 13.5 Å². The fourth-order valence-electron chi connectivity index (χ4n) is 2.85. The second-order valence-electron chi connectivity index (χ2n) is 6.31. The Hall–Kier alpha value is -3.19. The summed E-state index contributed by atoms with van der Waals surface area (Å²) in [5.41, 5.74) is -3.23. The van der Waals surface area contributed by atoms with Gasteiger partial charge in [-0.05, 0) is 13.0 Å². The number of amides is 1. The van der Waals surface area contributed by atoms with Gasteiger partial charge >= 0.3 is 12.5 Å². The zero-order chi connectivity index (χ0) is 21.5. The number of carboxylic acid groups (broad SMARTS) is 1. The first-order chi connectivity index (χ1) is 13.6. The van der Waals surface area contributed by atoms with Crippen molar-refractivity contribution >= 4 is 17.7 Å². The monoisotopic (exact) mass is 416 g/mol. The Morgan fingerprint density at radius 2 is 2.00 bits per heavy atom. The number of ether oxygens (including phenoxy) is 1. The van der Waals surface area contributed by atoms with E-state index in [1.807, 2.05) is 0 Å². The number of aliphatic carboxylic acids is 1. The minimum atomic E-state index is -3.12. The molecule has 2 aromatic rings. The summed E-state index contributed by atoms with van der Waals surface area (Å²) in [6.45, 7) is -2.48. The third-order valence-electron chi connectivity index (χ3n) is 4.45. The predicted octanol–water partition coefficient (Wildman–Crippen LogP) is 0.136. The summed E-state index contributed by atoms with van der Waals surface area (Å²) in [6.07, 6.45) is -0.640. The lowest BCUT2D eigenvalue weighted by atomic mass is 9.95. The van der Waals surface area contributed by atoms with Gasteiger partial charge in [-0.15, -0.1) is 5.10 Å². The molecule has 13 heteroatoms. The number of halogens is 3. The van der Waals surface area contributed by atoms with Crippen molar-refractivity contribution in [1.82, 2.24) is 14.3 Å². The molecular weight excluding hydrogens is 401 g/mol. The van der Waals surface area contributed by atoms with E-state index in [9.17, 15) is 32.7 Å². The molecule has 1 aliphatic heterocycles. The smallest absolute Gasteiger partial charge is 0.336 e. The van der Waals surface area contributed by atoms with Crippen LogP contribution in [0.3, 0.4) is 0 Å². The second-order valence-corrected chi connectivity index (χ2v) is 6.31. The van der Waals surface area contributed by atoms with Crippen LogP contribution in [0, 0.1) is 5.82 Å². The van der Waals surface area contributed by atoms with Gasteiger partial charge < -0.3 is 14.9 Å². The van der Waals surface area contributed by atoms with Crippen LogP contribution in [0.25, 0.3) is 5.69 Å². The van der Waals surface area contributed by atoms with Crippen LogP contribution >= 0.6 is 0 Å². The highest BCUT2D eigenvalue weighted by Gasteiger charge is 2.51. The summed E-state index contributed by atoms with van der Waals surface area (Å²) in [7, 11) is 0. The molecule has 1 amide bonds. The molecule has 3 rings (SSSR count). The van der Waals surface area contributed by atoms with E-state index in [0.29, 0.717) is 0 Å². The van der Waals surface area contributed by atoms with Gasteiger partial charge in [0.2, 0.25) is 0 Å². The van der Waals surface area contributed by atoms with Crippen molar-refractivity contribution in [3.8, 4) is 5.69 Å². The number of aliphatic hydroxyl groups excluding tert-OH is 1. The Morgan fingerprint density at radius 3 is 2.62 bits per heavy atom. The zero-order valence-corrected chi connectivity index (χ0v) is 14.8. The van der Waals surface area contributed by atoms with Gasteiger partial charge in [0.15, 0.2) is 23.3 Å². The predicted molar refractivity (Wildman–Crippen MR) is 89.4 cm³/mol. The minimum Gasteiger partial charge on any atom is -0.479 e. The van der Waals surface area contributed by atoms with Crippen LogP contribution in [-0.4, -0.2) is 61.3 Å². The average molecular weight is 416 g/mol. The van der Waals surface area contributed by atoms with Gasteiger partial charge in [-0.25, -0.2) is 13.9 Å². The molecule has 2 atom stereocenters. The van der Waals surface area contributed by atoms with Gasteiger partial charge in [0.05, 0.1) is 25.0 Å². The van der Waals surface area contributed by atoms with Crippen molar-refractivity contribution in [3.05, 3.63) is 40.7 Å². The van der Waals surface area contributed by atoms with Crippen molar-refractivity contribution < 1.29 is 37.7 Å². The quantitative estimate of drug-likeness (QED) is 0.710. The van der Waals surface area contributed by atoms with E-state index in [-0.39, 0.29) is 23.4 Å². The first-order valence-corrected chi connectivity index (χ1v) is 8.19. The molecule has 29 heavy (non-hydrogen) atoms. The Labute approximate surface area is 160 Å². The lowest BCUT2D eigenvalue weighted by molar-refractivity contribution is -0.181.